The fourth-order valence-corrected chi connectivity index (χ4v) is 3.64. The highest BCUT2D eigenvalue weighted by atomic mass is 32.1. The minimum Gasteiger partial charge on any atom is -0.493 e. The highest BCUT2D eigenvalue weighted by Crippen LogP contribution is 2.41. The molecule has 2 aromatic rings. The van der Waals surface area contributed by atoms with Crippen molar-refractivity contribution in [3.05, 3.63) is 40.3 Å². The second-order valence-corrected chi connectivity index (χ2v) is 5.87. The summed E-state index contributed by atoms with van der Waals surface area (Å²) in [6, 6.07) is 8.02. The van der Waals surface area contributed by atoms with Gasteiger partial charge in [-0.05, 0) is 29.3 Å². The van der Waals surface area contributed by atoms with E-state index in [9.17, 15) is 9.59 Å². The average molecular weight is 286 g/mol. The third kappa shape index (κ3) is 2.39. The molecule has 0 atom stereocenters. The number of benzene rings is 1. The molecule has 2 heterocycles. The number of carbonyl (C=O) groups is 2. The fourth-order valence-electron chi connectivity index (χ4n) is 2.45. The Labute approximate surface area is 121 Å². The zero-order valence-electron chi connectivity index (χ0n) is 10.9. The van der Waals surface area contributed by atoms with Gasteiger partial charge in [0.25, 0.3) is 0 Å². The zero-order valence-corrected chi connectivity index (χ0v) is 11.7. The summed E-state index contributed by atoms with van der Waals surface area (Å²) < 4.78 is 5.80. The van der Waals surface area contributed by atoms with Gasteiger partial charge in [-0.15, -0.1) is 11.3 Å². The maximum absolute atomic E-state index is 10.7. The van der Waals surface area contributed by atoms with Gasteiger partial charge in [-0.3, -0.25) is 0 Å². The predicted molar refractivity (Wildman–Crippen MR) is 78.5 cm³/mol. The van der Waals surface area contributed by atoms with Crippen LogP contribution in [0.4, 0.5) is 0 Å². The van der Waals surface area contributed by atoms with E-state index in [2.05, 4.69) is 6.07 Å². The summed E-state index contributed by atoms with van der Waals surface area (Å²) in [6.45, 7) is 0.627. The normalized spacial score (nSPS) is 12.8. The lowest BCUT2D eigenvalue weighted by molar-refractivity contribution is -0.108. The largest absolute Gasteiger partial charge is 0.493 e. The Kier molecular flexibility index (Phi) is 3.65. The van der Waals surface area contributed by atoms with E-state index in [1.165, 1.54) is 10.4 Å². The average Bonchev–Trinajstić information content (AvgIpc) is 2.75. The molecule has 0 aliphatic carbocycles. The van der Waals surface area contributed by atoms with Crippen molar-refractivity contribution in [2.75, 3.05) is 6.61 Å². The lowest BCUT2D eigenvalue weighted by Gasteiger charge is -2.08. The molecule has 0 radical (unpaired) electrons. The summed E-state index contributed by atoms with van der Waals surface area (Å²) in [5.74, 6) is 0.836. The van der Waals surface area contributed by atoms with Gasteiger partial charge < -0.3 is 14.3 Å². The molecule has 0 amide bonds. The highest BCUT2D eigenvalue weighted by molar-refractivity contribution is 7.15. The van der Waals surface area contributed by atoms with Crippen molar-refractivity contribution in [3.8, 4) is 16.2 Å². The van der Waals surface area contributed by atoms with E-state index >= 15 is 0 Å². The number of thiophene rings is 1. The molecule has 20 heavy (non-hydrogen) atoms. The van der Waals surface area contributed by atoms with Crippen molar-refractivity contribution in [1.82, 2.24) is 0 Å². The number of ether oxygens (including phenoxy) is 1. The van der Waals surface area contributed by atoms with Crippen LogP contribution in [0.5, 0.6) is 5.75 Å². The Hall–Kier alpha value is -1.94. The van der Waals surface area contributed by atoms with E-state index in [1.54, 1.807) is 11.3 Å². The van der Waals surface area contributed by atoms with Crippen molar-refractivity contribution in [2.45, 2.75) is 19.3 Å². The molecule has 0 unspecified atom stereocenters. The van der Waals surface area contributed by atoms with Crippen molar-refractivity contribution < 1.29 is 14.3 Å². The standard InChI is InChI=1S/C16H14O3S/c17-6-3-11-1-2-14-15(9-11)19-8-5-12-10-13(4-7-18)20-16(12)14/h1-2,6-7,9-10H,3-5,8H2. The molecular weight excluding hydrogens is 272 g/mol. The molecule has 1 aliphatic heterocycles. The predicted octanol–water partition coefficient (Wildman–Crippen LogP) is 2.83. The van der Waals surface area contributed by atoms with Gasteiger partial charge in [-0.25, -0.2) is 0 Å². The monoisotopic (exact) mass is 286 g/mol. The minimum atomic E-state index is 0.407. The Morgan fingerprint density at radius 1 is 1.15 bits per heavy atom. The molecule has 3 nitrogen and oxygen atoms in total. The molecule has 0 spiro atoms. The van der Waals surface area contributed by atoms with E-state index in [0.29, 0.717) is 19.4 Å². The second-order valence-electron chi connectivity index (χ2n) is 4.74. The van der Waals surface area contributed by atoms with Gasteiger partial charge in [-0.2, -0.15) is 0 Å². The number of hydrogen-bond acceptors (Lipinski definition) is 4. The quantitative estimate of drug-likeness (QED) is 0.812. The van der Waals surface area contributed by atoms with Gasteiger partial charge >= 0.3 is 0 Å². The molecule has 0 bridgehead atoms. The van der Waals surface area contributed by atoms with Crippen LogP contribution in [-0.4, -0.2) is 19.2 Å². The van der Waals surface area contributed by atoms with Crippen LogP contribution in [0.15, 0.2) is 24.3 Å². The minimum absolute atomic E-state index is 0.407. The van der Waals surface area contributed by atoms with Crippen LogP contribution in [0.2, 0.25) is 0 Å². The summed E-state index contributed by atoms with van der Waals surface area (Å²) in [5, 5.41) is 0. The third-order valence-electron chi connectivity index (χ3n) is 3.38. The van der Waals surface area contributed by atoms with Crippen LogP contribution in [-0.2, 0) is 28.9 Å². The van der Waals surface area contributed by atoms with Crippen LogP contribution >= 0.6 is 11.3 Å². The SMILES string of the molecule is O=CCc1ccc2c(c1)OCCc1cc(CC=O)sc1-2. The molecule has 1 aromatic carbocycles. The van der Waals surface area contributed by atoms with E-state index in [0.717, 1.165) is 40.7 Å². The molecule has 0 fully saturated rings. The molecular formula is C16H14O3S. The summed E-state index contributed by atoms with van der Waals surface area (Å²) in [6.07, 6.45) is 3.57. The smallest absolute Gasteiger partial charge is 0.128 e. The Morgan fingerprint density at radius 3 is 2.80 bits per heavy atom. The van der Waals surface area contributed by atoms with Crippen LogP contribution in [0.3, 0.4) is 0 Å². The van der Waals surface area contributed by atoms with Crippen LogP contribution in [0.25, 0.3) is 10.4 Å². The first-order valence-electron chi connectivity index (χ1n) is 6.56. The number of rotatable bonds is 4. The van der Waals surface area contributed by atoms with Crippen molar-refractivity contribution in [3.63, 3.8) is 0 Å². The lowest BCUT2D eigenvalue weighted by Crippen LogP contribution is -1.99. The van der Waals surface area contributed by atoms with Gasteiger partial charge in [0.15, 0.2) is 0 Å². The Morgan fingerprint density at radius 2 is 2.00 bits per heavy atom. The summed E-state index contributed by atoms with van der Waals surface area (Å²) in [5.41, 5.74) is 3.27. The van der Waals surface area contributed by atoms with Crippen LogP contribution in [0, 0.1) is 0 Å². The molecule has 0 saturated heterocycles. The molecule has 102 valence electrons. The van der Waals surface area contributed by atoms with Crippen molar-refractivity contribution >= 4 is 23.9 Å². The van der Waals surface area contributed by atoms with Gasteiger partial charge in [0.1, 0.15) is 18.3 Å². The van der Waals surface area contributed by atoms with Crippen LogP contribution in [0.1, 0.15) is 16.0 Å². The number of aldehydes is 2. The maximum Gasteiger partial charge on any atom is 0.128 e. The number of carbonyl (C=O) groups excluding carboxylic acids is 2. The van der Waals surface area contributed by atoms with Crippen molar-refractivity contribution in [1.29, 1.82) is 0 Å². The van der Waals surface area contributed by atoms with Gasteiger partial charge in [0.2, 0.25) is 0 Å². The molecule has 1 aromatic heterocycles. The van der Waals surface area contributed by atoms with E-state index in [-0.39, 0.29) is 0 Å². The lowest BCUT2D eigenvalue weighted by atomic mass is 10.0. The molecule has 0 saturated carbocycles. The summed E-state index contributed by atoms with van der Waals surface area (Å²) >= 11 is 1.65. The fraction of sp³-hybridized carbons (Fsp3) is 0.250. The van der Waals surface area contributed by atoms with Gasteiger partial charge in [0.05, 0.1) is 6.61 Å². The summed E-state index contributed by atoms with van der Waals surface area (Å²) in [7, 11) is 0. The van der Waals surface area contributed by atoms with Crippen molar-refractivity contribution in [2.24, 2.45) is 0 Å². The first-order chi connectivity index (χ1) is 9.81. The summed E-state index contributed by atoms with van der Waals surface area (Å²) in [4.78, 5) is 23.6. The number of hydrogen-bond donors (Lipinski definition) is 0. The van der Waals surface area contributed by atoms with Gasteiger partial charge in [-0.1, -0.05) is 6.07 Å². The number of fused-ring (bicyclic) bond motifs is 3. The van der Waals surface area contributed by atoms with Crippen LogP contribution < -0.4 is 4.74 Å². The maximum atomic E-state index is 10.7. The first kappa shape index (κ1) is 13.1. The second kappa shape index (κ2) is 5.59. The third-order valence-corrected chi connectivity index (χ3v) is 4.62. The molecule has 1 aliphatic rings. The Balaban J connectivity index is 2.06. The highest BCUT2D eigenvalue weighted by Gasteiger charge is 2.18. The Bertz CT molecular complexity index is 658. The molecule has 3 rings (SSSR count). The molecule has 0 N–H and O–H groups in total. The van der Waals surface area contributed by atoms with E-state index in [4.69, 9.17) is 4.74 Å². The van der Waals surface area contributed by atoms with E-state index in [1.807, 2.05) is 18.2 Å². The van der Waals surface area contributed by atoms with E-state index < -0.39 is 0 Å². The van der Waals surface area contributed by atoms with Gasteiger partial charge in [0, 0.05) is 34.6 Å². The zero-order chi connectivity index (χ0) is 13.9. The first-order valence-corrected chi connectivity index (χ1v) is 7.38. The topological polar surface area (TPSA) is 43.4 Å². The molecule has 4 heteroatoms.